The van der Waals surface area contributed by atoms with Crippen molar-refractivity contribution in [1.29, 1.82) is 0 Å². The predicted molar refractivity (Wildman–Crippen MR) is 136 cm³/mol. The highest BCUT2D eigenvalue weighted by Gasteiger charge is 2.34. The largest absolute Gasteiger partial charge is 0.345 e. The number of nitrogens with zero attached hydrogens (tertiary/aromatic N) is 1. The van der Waals surface area contributed by atoms with Crippen molar-refractivity contribution in [3.63, 3.8) is 0 Å². The standard InChI is InChI=1S/C25H23Br2FN2O3S/c26-20-9-10-22(27)23(16-20)34(32,33)30-13-11-18(12-14-30)25(31)29-24(17-5-2-1-3-6-17)19-7-4-8-21(28)15-19/h1-10,15-16,18,24H,11-14H2,(H,29,31). The van der Waals surface area contributed by atoms with E-state index in [1.165, 1.54) is 16.4 Å². The van der Waals surface area contributed by atoms with E-state index in [1.807, 2.05) is 30.3 Å². The SMILES string of the molecule is O=C(NC(c1ccccc1)c1cccc(F)c1)C1CCN(S(=O)(=O)c2cc(Br)ccc2Br)CC1. The quantitative estimate of drug-likeness (QED) is 0.392. The van der Waals surface area contributed by atoms with Gasteiger partial charge in [-0.25, -0.2) is 12.8 Å². The van der Waals surface area contributed by atoms with Gasteiger partial charge in [0.2, 0.25) is 15.9 Å². The molecular weight excluding hydrogens is 587 g/mol. The summed E-state index contributed by atoms with van der Waals surface area (Å²) in [6.07, 6.45) is 0.808. The van der Waals surface area contributed by atoms with Crippen LogP contribution < -0.4 is 5.32 Å². The van der Waals surface area contributed by atoms with Crippen molar-refractivity contribution < 1.29 is 17.6 Å². The van der Waals surface area contributed by atoms with E-state index in [9.17, 15) is 17.6 Å². The van der Waals surface area contributed by atoms with Gasteiger partial charge in [-0.2, -0.15) is 4.31 Å². The van der Waals surface area contributed by atoms with Crippen LogP contribution in [0.15, 0.2) is 86.6 Å². The van der Waals surface area contributed by atoms with Gasteiger partial charge in [-0.3, -0.25) is 4.79 Å². The monoisotopic (exact) mass is 608 g/mol. The number of carbonyl (C=O) groups is 1. The van der Waals surface area contributed by atoms with Crippen LogP contribution in [0.4, 0.5) is 4.39 Å². The van der Waals surface area contributed by atoms with E-state index < -0.39 is 16.1 Å². The minimum absolute atomic E-state index is 0.168. The van der Waals surface area contributed by atoms with Gasteiger partial charge in [-0.15, -0.1) is 0 Å². The summed E-state index contributed by atoms with van der Waals surface area (Å²) >= 11 is 6.65. The minimum Gasteiger partial charge on any atom is -0.345 e. The molecule has 0 spiro atoms. The molecule has 1 amide bonds. The van der Waals surface area contributed by atoms with Crippen LogP contribution in [0.2, 0.25) is 0 Å². The fourth-order valence-corrected chi connectivity index (χ4v) is 7.06. The molecule has 178 valence electrons. The second-order valence-electron chi connectivity index (χ2n) is 8.16. The molecule has 9 heteroatoms. The summed E-state index contributed by atoms with van der Waals surface area (Å²) in [5.41, 5.74) is 1.50. The second-order valence-corrected chi connectivity index (χ2v) is 11.8. The smallest absolute Gasteiger partial charge is 0.244 e. The Labute approximate surface area is 215 Å². The Morgan fingerprint density at radius 1 is 0.941 bits per heavy atom. The van der Waals surface area contributed by atoms with E-state index in [0.29, 0.717) is 27.4 Å². The van der Waals surface area contributed by atoms with Crippen molar-refractivity contribution in [2.24, 2.45) is 5.92 Å². The number of halogens is 3. The van der Waals surface area contributed by atoms with E-state index in [1.54, 1.807) is 30.3 Å². The molecule has 3 aromatic carbocycles. The first-order chi connectivity index (χ1) is 16.3. The van der Waals surface area contributed by atoms with Gasteiger partial charge in [0.15, 0.2) is 0 Å². The Bertz CT molecular complexity index is 1280. The van der Waals surface area contributed by atoms with Crippen molar-refractivity contribution in [3.05, 3.63) is 98.7 Å². The molecule has 1 N–H and O–H groups in total. The van der Waals surface area contributed by atoms with Gasteiger partial charge < -0.3 is 5.32 Å². The summed E-state index contributed by atoms with van der Waals surface area (Å²) in [6.45, 7) is 0.491. The molecule has 0 aromatic heterocycles. The zero-order valence-corrected chi connectivity index (χ0v) is 22.1. The number of carbonyl (C=O) groups excluding carboxylic acids is 1. The number of amides is 1. The van der Waals surface area contributed by atoms with Gasteiger partial charge in [0, 0.05) is 28.0 Å². The van der Waals surface area contributed by atoms with Crippen LogP contribution in [0, 0.1) is 11.7 Å². The molecular formula is C25H23Br2FN2O3S. The van der Waals surface area contributed by atoms with Crippen LogP contribution >= 0.6 is 31.9 Å². The highest BCUT2D eigenvalue weighted by atomic mass is 79.9. The van der Waals surface area contributed by atoms with Crippen molar-refractivity contribution in [3.8, 4) is 0 Å². The number of rotatable bonds is 6. The molecule has 0 aliphatic carbocycles. The normalized spacial score (nSPS) is 16.2. The van der Waals surface area contributed by atoms with Crippen molar-refractivity contribution in [1.82, 2.24) is 9.62 Å². The molecule has 5 nitrogen and oxygen atoms in total. The van der Waals surface area contributed by atoms with Crippen molar-refractivity contribution in [2.75, 3.05) is 13.1 Å². The molecule has 1 fully saturated rings. The van der Waals surface area contributed by atoms with Gasteiger partial charge in [-0.05, 0) is 70.2 Å². The van der Waals surface area contributed by atoms with Gasteiger partial charge in [0.05, 0.1) is 10.9 Å². The molecule has 1 aliphatic heterocycles. The summed E-state index contributed by atoms with van der Waals surface area (Å²) in [5.74, 6) is -0.874. The fourth-order valence-electron chi connectivity index (χ4n) is 4.12. The first kappa shape index (κ1) is 25.0. The van der Waals surface area contributed by atoms with E-state index in [-0.39, 0.29) is 35.6 Å². The lowest BCUT2D eigenvalue weighted by molar-refractivity contribution is -0.126. The lowest BCUT2D eigenvalue weighted by atomic mass is 9.94. The van der Waals surface area contributed by atoms with Gasteiger partial charge in [0.25, 0.3) is 0 Å². The average Bonchev–Trinajstić information content (AvgIpc) is 2.84. The number of nitrogens with one attached hydrogen (secondary N) is 1. The zero-order chi connectivity index (χ0) is 24.3. The molecule has 1 aliphatic rings. The first-order valence-corrected chi connectivity index (χ1v) is 13.8. The number of piperidine rings is 1. The third kappa shape index (κ3) is 5.59. The molecule has 3 aromatic rings. The number of sulfonamides is 1. The molecule has 4 rings (SSSR count). The third-order valence-electron chi connectivity index (χ3n) is 5.94. The van der Waals surface area contributed by atoms with Crippen LogP contribution in [0.3, 0.4) is 0 Å². The highest BCUT2D eigenvalue weighted by molar-refractivity contribution is 9.11. The lowest BCUT2D eigenvalue weighted by Crippen LogP contribution is -2.43. The van der Waals surface area contributed by atoms with E-state index >= 15 is 0 Å². The molecule has 0 radical (unpaired) electrons. The third-order valence-corrected chi connectivity index (χ3v) is 9.32. The summed E-state index contributed by atoms with van der Waals surface area (Å²) < 4.78 is 42.8. The molecule has 34 heavy (non-hydrogen) atoms. The Morgan fingerprint density at radius 2 is 1.62 bits per heavy atom. The van der Waals surface area contributed by atoms with Crippen LogP contribution in [-0.2, 0) is 14.8 Å². The molecule has 1 atom stereocenters. The Morgan fingerprint density at radius 3 is 2.29 bits per heavy atom. The Kier molecular flexibility index (Phi) is 7.87. The first-order valence-electron chi connectivity index (χ1n) is 10.8. The topological polar surface area (TPSA) is 66.5 Å². The summed E-state index contributed by atoms with van der Waals surface area (Å²) in [5, 5.41) is 3.06. The zero-order valence-electron chi connectivity index (χ0n) is 18.1. The number of benzene rings is 3. The molecule has 1 heterocycles. The lowest BCUT2D eigenvalue weighted by Gasteiger charge is -2.32. The Balaban J connectivity index is 1.47. The molecule has 1 saturated heterocycles. The Hall–Kier alpha value is -2.07. The van der Waals surface area contributed by atoms with Crippen molar-refractivity contribution in [2.45, 2.75) is 23.8 Å². The summed E-state index contributed by atoms with van der Waals surface area (Å²) in [7, 11) is -3.70. The molecule has 1 unspecified atom stereocenters. The molecule has 0 saturated carbocycles. The van der Waals surface area contributed by atoms with Crippen LogP contribution in [0.25, 0.3) is 0 Å². The number of hydrogen-bond donors (Lipinski definition) is 1. The van der Waals surface area contributed by atoms with E-state index in [0.717, 1.165) is 5.56 Å². The maximum absolute atomic E-state index is 13.9. The number of hydrogen-bond acceptors (Lipinski definition) is 3. The fraction of sp³-hybridized carbons (Fsp3) is 0.240. The average molecular weight is 610 g/mol. The molecule has 0 bridgehead atoms. The minimum atomic E-state index is -3.70. The maximum atomic E-state index is 13.9. The van der Waals surface area contributed by atoms with Gasteiger partial charge in [0.1, 0.15) is 5.82 Å². The summed E-state index contributed by atoms with van der Waals surface area (Å²) in [4.78, 5) is 13.4. The van der Waals surface area contributed by atoms with E-state index in [4.69, 9.17) is 0 Å². The highest BCUT2D eigenvalue weighted by Crippen LogP contribution is 2.31. The predicted octanol–water partition coefficient (Wildman–Crippen LogP) is 5.66. The van der Waals surface area contributed by atoms with E-state index in [2.05, 4.69) is 37.2 Å². The summed E-state index contributed by atoms with van der Waals surface area (Å²) in [6, 6.07) is 20.1. The second kappa shape index (κ2) is 10.7. The van der Waals surface area contributed by atoms with Crippen LogP contribution in [-0.4, -0.2) is 31.7 Å². The van der Waals surface area contributed by atoms with Gasteiger partial charge >= 0.3 is 0 Å². The maximum Gasteiger partial charge on any atom is 0.244 e. The van der Waals surface area contributed by atoms with Crippen LogP contribution in [0.5, 0.6) is 0 Å². The van der Waals surface area contributed by atoms with Gasteiger partial charge in [-0.1, -0.05) is 58.4 Å². The van der Waals surface area contributed by atoms with Crippen molar-refractivity contribution >= 4 is 47.8 Å². The van der Waals surface area contributed by atoms with Crippen LogP contribution in [0.1, 0.15) is 30.0 Å².